The van der Waals surface area contributed by atoms with Crippen LogP contribution in [0.5, 0.6) is 0 Å². The minimum absolute atomic E-state index is 0.216. The number of hydrogen-bond donors (Lipinski definition) is 0. The molecule has 2 heteroatoms. The molecule has 0 aromatic rings. The molecule has 0 bridgehead atoms. The van der Waals surface area contributed by atoms with Crippen molar-refractivity contribution in [2.24, 2.45) is 5.92 Å². The molecule has 0 saturated heterocycles. The van der Waals surface area contributed by atoms with Crippen molar-refractivity contribution in [2.75, 3.05) is 6.61 Å². The molecule has 0 aromatic carbocycles. The Kier molecular flexibility index (Phi) is 9.89. The number of ether oxygens (including phenoxy) is 1. The van der Waals surface area contributed by atoms with Crippen LogP contribution in [0.1, 0.15) is 65.7 Å². The Bertz CT molecular complexity index is 219. The summed E-state index contributed by atoms with van der Waals surface area (Å²) in [6, 6.07) is 0. The van der Waals surface area contributed by atoms with E-state index in [1.807, 2.05) is 0 Å². The van der Waals surface area contributed by atoms with Crippen molar-refractivity contribution in [3.05, 3.63) is 12.2 Å². The molecule has 0 aliphatic rings. The highest BCUT2D eigenvalue weighted by atomic mass is 16.5. The first kappa shape index (κ1) is 16.2. The SMILES string of the molecule is C=C(CC(C)C)C(=O)OCCCCCCCC. The number of carbonyl (C=O) groups is 1. The molecule has 100 valence electrons. The van der Waals surface area contributed by atoms with Gasteiger partial charge in [0.05, 0.1) is 6.61 Å². The zero-order chi connectivity index (χ0) is 13.1. The topological polar surface area (TPSA) is 26.3 Å². The Hall–Kier alpha value is -0.790. The van der Waals surface area contributed by atoms with E-state index in [9.17, 15) is 4.79 Å². The van der Waals surface area contributed by atoms with Crippen LogP contribution in [0.3, 0.4) is 0 Å². The van der Waals surface area contributed by atoms with Crippen LogP contribution >= 0.6 is 0 Å². The fourth-order valence-electron chi connectivity index (χ4n) is 1.73. The highest BCUT2D eigenvalue weighted by Crippen LogP contribution is 2.11. The molecule has 0 N–H and O–H groups in total. The molecule has 0 amide bonds. The van der Waals surface area contributed by atoms with Gasteiger partial charge in [-0.3, -0.25) is 0 Å². The second kappa shape index (κ2) is 10.4. The highest BCUT2D eigenvalue weighted by molar-refractivity contribution is 5.87. The lowest BCUT2D eigenvalue weighted by molar-refractivity contribution is -0.139. The molecule has 0 unspecified atom stereocenters. The van der Waals surface area contributed by atoms with Gasteiger partial charge in [-0.2, -0.15) is 0 Å². The lowest BCUT2D eigenvalue weighted by Crippen LogP contribution is -2.10. The molecule has 0 aliphatic heterocycles. The third-order valence-corrected chi connectivity index (χ3v) is 2.67. The number of unbranched alkanes of at least 4 members (excludes halogenated alkanes) is 5. The van der Waals surface area contributed by atoms with Crippen LogP contribution in [0.2, 0.25) is 0 Å². The van der Waals surface area contributed by atoms with E-state index in [0.717, 1.165) is 19.3 Å². The molecule has 0 heterocycles. The van der Waals surface area contributed by atoms with Crippen LogP contribution in [0, 0.1) is 5.92 Å². The molecule has 0 spiro atoms. The van der Waals surface area contributed by atoms with Gasteiger partial charge < -0.3 is 4.74 Å². The molecule has 17 heavy (non-hydrogen) atoms. The van der Waals surface area contributed by atoms with Gasteiger partial charge in [-0.05, 0) is 18.8 Å². The summed E-state index contributed by atoms with van der Waals surface area (Å²) < 4.78 is 5.17. The summed E-state index contributed by atoms with van der Waals surface area (Å²) in [4.78, 5) is 11.5. The van der Waals surface area contributed by atoms with E-state index >= 15 is 0 Å². The minimum Gasteiger partial charge on any atom is -0.462 e. The molecule has 0 rings (SSSR count). The van der Waals surface area contributed by atoms with Gasteiger partial charge in [0.1, 0.15) is 0 Å². The smallest absolute Gasteiger partial charge is 0.333 e. The Morgan fingerprint density at radius 1 is 1.12 bits per heavy atom. The van der Waals surface area contributed by atoms with E-state index in [2.05, 4.69) is 27.4 Å². The van der Waals surface area contributed by atoms with Crippen LogP contribution in [0.4, 0.5) is 0 Å². The average molecular weight is 240 g/mol. The second-order valence-electron chi connectivity index (χ2n) is 5.11. The van der Waals surface area contributed by atoms with E-state index in [1.54, 1.807) is 0 Å². The van der Waals surface area contributed by atoms with E-state index in [-0.39, 0.29) is 5.97 Å². The van der Waals surface area contributed by atoms with E-state index in [0.29, 0.717) is 18.1 Å². The molecule has 0 radical (unpaired) electrons. The van der Waals surface area contributed by atoms with E-state index in [4.69, 9.17) is 4.74 Å². The number of esters is 1. The van der Waals surface area contributed by atoms with Gasteiger partial charge in [-0.25, -0.2) is 4.79 Å². The zero-order valence-corrected chi connectivity index (χ0v) is 11.8. The summed E-state index contributed by atoms with van der Waals surface area (Å²) >= 11 is 0. The van der Waals surface area contributed by atoms with Crippen LogP contribution in [0.15, 0.2) is 12.2 Å². The lowest BCUT2D eigenvalue weighted by Gasteiger charge is -2.08. The molecular weight excluding hydrogens is 212 g/mol. The summed E-state index contributed by atoms with van der Waals surface area (Å²) in [5.74, 6) is 0.247. The first-order valence-corrected chi connectivity index (χ1v) is 6.92. The summed E-state index contributed by atoms with van der Waals surface area (Å²) in [5.41, 5.74) is 0.603. The molecular formula is C15H28O2. The van der Waals surface area contributed by atoms with Crippen molar-refractivity contribution in [1.29, 1.82) is 0 Å². The summed E-state index contributed by atoms with van der Waals surface area (Å²) in [7, 11) is 0. The second-order valence-corrected chi connectivity index (χ2v) is 5.11. The summed E-state index contributed by atoms with van der Waals surface area (Å²) in [6.45, 7) is 10.7. The largest absolute Gasteiger partial charge is 0.462 e. The van der Waals surface area contributed by atoms with E-state index < -0.39 is 0 Å². The summed E-state index contributed by atoms with van der Waals surface area (Å²) in [5, 5.41) is 0. The van der Waals surface area contributed by atoms with Crippen LogP contribution < -0.4 is 0 Å². The fraction of sp³-hybridized carbons (Fsp3) is 0.800. The lowest BCUT2D eigenvalue weighted by atomic mass is 10.1. The number of carbonyl (C=O) groups excluding carboxylic acids is 1. The predicted molar refractivity (Wildman–Crippen MR) is 72.9 cm³/mol. The molecule has 0 saturated carbocycles. The Morgan fingerprint density at radius 2 is 1.71 bits per heavy atom. The van der Waals surface area contributed by atoms with Crippen molar-refractivity contribution in [1.82, 2.24) is 0 Å². The van der Waals surface area contributed by atoms with Crippen LogP contribution in [-0.2, 0) is 9.53 Å². The third-order valence-electron chi connectivity index (χ3n) is 2.67. The van der Waals surface area contributed by atoms with Gasteiger partial charge in [0, 0.05) is 5.57 Å². The first-order valence-electron chi connectivity index (χ1n) is 6.92. The Morgan fingerprint density at radius 3 is 2.29 bits per heavy atom. The van der Waals surface area contributed by atoms with Gasteiger partial charge in [-0.15, -0.1) is 0 Å². The molecule has 0 fully saturated rings. The minimum atomic E-state index is -0.216. The maximum absolute atomic E-state index is 11.5. The maximum atomic E-state index is 11.5. The van der Waals surface area contributed by atoms with Crippen molar-refractivity contribution in [2.45, 2.75) is 65.7 Å². The van der Waals surface area contributed by atoms with Crippen LogP contribution in [0.25, 0.3) is 0 Å². The maximum Gasteiger partial charge on any atom is 0.333 e. The van der Waals surface area contributed by atoms with Gasteiger partial charge in [0.15, 0.2) is 0 Å². The highest BCUT2D eigenvalue weighted by Gasteiger charge is 2.09. The zero-order valence-electron chi connectivity index (χ0n) is 11.8. The van der Waals surface area contributed by atoms with Crippen molar-refractivity contribution in [3.63, 3.8) is 0 Å². The third kappa shape index (κ3) is 10.1. The van der Waals surface area contributed by atoms with Gasteiger partial charge in [0.2, 0.25) is 0 Å². The molecule has 0 aliphatic carbocycles. The Balaban J connectivity index is 3.42. The van der Waals surface area contributed by atoms with Crippen LogP contribution in [-0.4, -0.2) is 12.6 Å². The van der Waals surface area contributed by atoms with Crippen molar-refractivity contribution < 1.29 is 9.53 Å². The van der Waals surface area contributed by atoms with E-state index in [1.165, 1.54) is 25.7 Å². The first-order chi connectivity index (χ1) is 8.07. The number of hydrogen-bond acceptors (Lipinski definition) is 2. The molecule has 0 atom stereocenters. The van der Waals surface area contributed by atoms with Gasteiger partial charge in [-0.1, -0.05) is 59.5 Å². The predicted octanol–water partition coefficient (Wildman–Crippen LogP) is 4.49. The van der Waals surface area contributed by atoms with Crippen molar-refractivity contribution in [3.8, 4) is 0 Å². The van der Waals surface area contributed by atoms with Gasteiger partial charge in [0.25, 0.3) is 0 Å². The monoisotopic (exact) mass is 240 g/mol. The van der Waals surface area contributed by atoms with Gasteiger partial charge >= 0.3 is 5.97 Å². The number of rotatable bonds is 10. The molecule has 2 nitrogen and oxygen atoms in total. The van der Waals surface area contributed by atoms with Crippen molar-refractivity contribution >= 4 is 5.97 Å². The standard InChI is InChI=1S/C15H28O2/c1-5-6-7-8-9-10-11-17-15(16)14(4)12-13(2)3/h13H,4-12H2,1-3H3. The fourth-order valence-corrected chi connectivity index (χ4v) is 1.73. The quantitative estimate of drug-likeness (QED) is 0.319. The summed E-state index contributed by atoms with van der Waals surface area (Å²) in [6.07, 6.45) is 7.99. The molecule has 0 aromatic heterocycles. The average Bonchev–Trinajstić information content (AvgIpc) is 2.26. The Labute approximate surface area is 106 Å². The normalized spacial score (nSPS) is 10.6.